The van der Waals surface area contributed by atoms with E-state index in [0.29, 0.717) is 11.8 Å². The SMILES string of the molecule is COc1ccc(CC2CCN(C(=O)C3CCNCC3)CC2)cc1.Cl. The number of nitrogens with zero attached hydrogens (tertiary/aromatic N) is 1. The molecule has 2 fully saturated rings. The van der Waals surface area contributed by atoms with E-state index in [1.54, 1.807) is 7.11 Å². The highest BCUT2D eigenvalue weighted by atomic mass is 35.5. The molecule has 2 aliphatic rings. The van der Waals surface area contributed by atoms with Gasteiger partial charge in [-0.2, -0.15) is 0 Å². The zero-order valence-electron chi connectivity index (χ0n) is 14.5. The Bertz CT molecular complexity index is 507. The van der Waals surface area contributed by atoms with Gasteiger partial charge in [0.05, 0.1) is 7.11 Å². The smallest absolute Gasteiger partial charge is 0.225 e. The molecule has 2 heterocycles. The summed E-state index contributed by atoms with van der Waals surface area (Å²) in [7, 11) is 1.70. The predicted octanol–water partition coefficient (Wildman–Crippen LogP) is 2.90. The van der Waals surface area contributed by atoms with Gasteiger partial charge in [-0.25, -0.2) is 0 Å². The Labute approximate surface area is 151 Å². The summed E-state index contributed by atoms with van der Waals surface area (Å²) in [4.78, 5) is 14.7. The third-order valence-corrected chi connectivity index (χ3v) is 5.30. The topological polar surface area (TPSA) is 41.6 Å². The zero-order chi connectivity index (χ0) is 16.1. The number of likely N-dealkylation sites (tertiary alicyclic amines) is 1. The molecular formula is C19H29ClN2O2. The van der Waals surface area contributed by atoms with Crippen LogP contribution < -0.4 is 10.1 Å². The van der Waals surface area contributed by atoms with Gasteiger partial charge in [-0.3, -0.25) is 4.79 Å². The molecule has 0 aliphatic carbocycles. The lowest BCUT2D eigenvalue weighted by atomic mass is 9.89. The molecule has 1 N–H and O–H groups in total. The molecular weight excluding hydrogens is 324 g/mol. The van der Waals surface area contributed by atoms with Crippen molar-refractivity contribution in [2.24, 2.45) is 11.8 Å². The number of hydrogen-bond donors (Lipinski definition) is 1. The minimum Gasteiger partial charge on any atom is -0.497 e. The van der Waals surface area contributed by atoms with E-state index in [9.17, 15) is 4.79 Å². The van der Waals surface area contributed by atoms with Crippen molar-refractivity contribution in [2.75, 3.05) is 33.3 Å². The van der Waals surface area contributed by atoms with Crippen molar-refractivity contribution in [1.29, 1.82) is 0 Å². The summed E-state index contributed by atoms with van der Waals surface area (Å²) < 4.78 is 5.21. The molecule has 0 unspecified atom stereocenters. The van der Waals surface area contributed by atoms with Crippen molar-refractivity contribution in [2.45, 2.75) is 32.1 Å². The van der Waals surface area contributed by atoms with Crippen molar-refractivity contribution in [3.05, 3.63) is 29.8 Å². The lowest BCUT2D eigenvalue weighted by molar-refractivity contribution is -0.137. The molecule has 2 saturated heterocycles. The molecule has 24 heavy (non-hydrogen) atoms. The average Bonchev–Trinajstić information content (AvgIpc) is 2.63. The average molecular weight is 353 g/mol. The Morgan fingerprint density at radius 3 is 2.33 bits per heavy atom. The first kappa shape index (κ1) is 19.1. The molecule has 134 valence electrons. The quantitative estimate of drug-likeness (QED) is 0.905. The highest BCUT2D eigenvalue weighted by molar-refractivity contribution is 5.85. The van der Waals surface area contributed by atoms with E-state index in [1.807, 2.05) is 12.1 Å². The van der Waals surface area contributed by atoms with E-state index in [4.69, 9.17) is 4.74 Å². The Morgan fingerprint density at radius 2 is 1.75 bits per heavy atom. The molecule has 1 aromatic rings. The van der Waals surface area contributed by atoms with Crippen LogP contribution >= 0.6 is 12.4 Å². The summed E-state index contributed by atoms with van der Waals surface area (Å²) in [5, 5.41) is 3.34. The summed E-state index contributed by atoms with van der Waals surface area (Å²) in [5.74, 6) is 2.26. The maximum Gasteiger partial charge on any atom is 0.225 e. The molecule has 1 amide bonds. The first-order chi connectivity index (χ1) is 11.3. The van der Waals surface area contributed by atoms with Gasteiger partial charge < -0.3 is 15.0 Å². The van der Waals surface area contributed by atoms with Gasteiger partial charge in [0.25, 0.3) is 0 Å². The first-order valence-corrected chi connectivity index (χ1v) is 8.88. The van der Waals surface area contributed by atoms with Crippen molar-refractivity contribution < 1.29 is 9.53 Å². The Hall–Kier alpha value is -1.26. The molecule has 0 saturated carbocycles. The van der Waals surface area contributed by atoms with Gasteiger partial charge in [0.15, 0.2) is 0 Å². The van der Waals surface area contributed by atoms with Gasteiger partial charge in [0.2, 0.25) is 5.91 Å². The molecule has 5 heteroatoms. The van der Waals surface area contributed by atoms with E-state index in [0.717, 1.165) is 64.0 Å². The minimum absolute atomic E-state index is 0. The van der Waals surface area contributed by atoms with E-state index in [-0.39, 0.29) is 18.3 Å². The lowest BCUT2D eigenvalue weighted by Gasteiger charge is -2.35. The summed E-state index contributed by atoms with van der Waals surface area (Å²) in [6, 6.07) is 8.38. The number of rotatable bonds is 4. The Balaban J connectivity index is 0.00000208. The van der Waals surface area contributed by atoms with Gasteiger partial charge in [-0.15, -0.1) is 12.4 Å². The highest BCUT2D eigenvalue weighted by Crippen LogP contribution is 2.25. The van der Waals surface area contributed by atoms with Crippen LogP contribution in [0.25, 0.3) is 0 Å². The molecule has 0 aromatic heterocycles. The largest absolute Gasteiger partial charge is 0.497 e. The van der Waals surface area contributed by atoms with Gasteiger partial charge >= 0.3 is 0 Å². The van der Waals surface area contributed by atoms with Gasteiger partial charge in [-0.05, 0) is 68.8 Å². The number of halogens is 1. The number of ether oxygens (including phenoxy) is 1. The fraction of sp³-hybridized carbons (Fsp3) is 0.632. The van der Waals surface area contributed by atoms with Crippen LogP contribution in [0.4, 0.5) is 0 Å². The number of methoxy groups -OCH3 is 1. The van der Waals surface area contributed by atoms with Crippen LogP contribution in [-0.4, -0.2) is 44.1 Å². The minimum atomic E-state index is 0. The zero-order valence-corrected chi connectivity index (χ0v) is 15.3. The molecule has 3 rings (SSSR count). The number of benzene rings is 1. The number of piperidine rings is 2. The van der Waals surface area contributed by atoms with Gasteiger partial charge in [-0.1, -0.05) is 12.1 Å². The Morgan fingerprint density at radius 1 is 1.12 bits per heavy atom. The van der Waals surface area contributed by atoms with Crippen LogP contribution in [0.3, 0.4) is 0 Å². The molecule has 0 atom stereocenters. The molecule has 2 aliphatic heterocycles. The summed E-state index contributed by atoms with van der Waals surface area (Å²) in [6.45, 7) is 3.85. The van der Waals surface area contributed by atoms with E-state index in [1.165, 1.54) is 5.56 Å². The maximum absolute atomic E-state index is 12.6. The number of carbonyl (C=O) groups is 1. The first-order valence-electron chi connectivity index (χ1n) is 8.88. The molecule has 1 aromatic carbocycles. The lowest BCUT2D eigenvalue weighted by Crippen LogP contribution is -2.44. The van der Waals surface area contributed by atoms with E-state index < -0.39 is 0 Å². The summed E-state index contributed by atoms with van der Waals surface area (Å²) in [5.41, 5.74) is 1.37. The fourth-order valence-electron chi connectivity index (χ4n) is 3.78. The monoisotopic (exact) mass is 352 g/mol. The van der Waals surface area contributed by atoms with Crippen LogP contribution in [0.15, 0.2) is 24.3 Å². The normalized spacial score (nSPS) is 19.6. The van der Waals surface area contributed by atoms with Crippen LogP contribution in [-0.2, 0) is 11.2 Å². The van der Waals surface area contributed by atoms with Crippen LogP contribution in [0, 0.1) is 11.8 Å². The second-order valence-electron chi connectivity index (χ2n) is 6.85. The van der Waals surface area contributed by atoms with Gasteiger partial charge in [0, 0.05) is 19.0 Å². The predicted molar refractivity (Wildman–Crippen MR) is 98.8 cm³/mol. The number of hydrogen-bond acceptors (Lipinski definition) is 3. The molecule has 0 radical (unpaired) electrons. The molecule has 0 bridgehead atoms. The standard InChI is InChI=1S/C19H28N2O2.ClH/c1-23-18-4-2-15(3-5-18)14-16-8-12-21(13-9-16)19(22)17-6-10-20-11-7-17;/h2-5,16-17,20H,6-14H2,1H3;1H. The fourth-order valence-corrected chi connectivity index (χ4v) is 3.78. The highest BCUT2D eigenvalue weighted by Gasteiger charge is 2.29. The number of nitrogens with one attached hydrogen (secondary N) is 1. The van der Waals surface area contributed by atoms with Crippen molar-refractivity contribution in [3.8, 4) is 5.75 Å². The molecule has 0 spiro atoms. The van der Waals surface area contributed by atoms with Crippen molar-refractivity contribution in [3.63, 3.8) is 0 Å². The van der Waals surface area contributed by atoms with Crippen LogP contribution in [0.5, 0.6) is 5.75 Å². The van der Waals surface area contributed by atoms with Crippen LogP contribution in [0.1, 0.15) is 31.2 Å². The van der Waals surface area contributed by atoms with Gasteiger partial charge in [0.1, 0.15) is 5.75 Å². The summed E-state index contributed by atoms with van der Waals surface area (Å²) in [6.07, 6.45) is 5.38. The van der Waals surface area contributed by atoms with Crippen molar-refractivity contribution in [1.82, 2.24) is 10.2 Å². The summed E-state index contributed by atoms with van der Waals surface area (Å²) >= 11 is 0. The third-order valence-electron chi connectivity index (χ3n) is 5.30. The maximum atomic E-state index is 12.6. The third kappa shape index (κ3) is 4.87. The van der Waals surface area contributed by atoms with Crippen molar-refractivity contribution >= 4 is 18.3 Å². The number of carbonyl (C=O) groups excluding carboxylic acids is 1. The second kappa shape index (κ2) is 9.28. The van der Waals surface area contributed by atoms with E-state index >= 15 is 0 Å². The Kier molecular flexibility index (Phi) is 7.38. The second-order valence-corrected chi connectivity index (χ2v) is 6.85. The van der Waals surface area contributed by atoms with Crippen LogP contribution in [0.2, 0.25) is 0 Å². The molecule has 4 nitrogen and oxygen atoms in total. The van der Waals surface area contributed by atoms with E-state index in [2.05, 4.69) is 22.3 Å². The number of amides is 1.